The Kier molecular flexibility index (Phi) is 17.0. The summed E-state index contributed by atoms with van der Waals surface area (Å²) < 4.78 is 12.9. The molecule has 1 unspecified atom stereocenters. The van der Waals surface area contributed by atoms with E-state index >= 15 is 0 Å². The zero-order valence-corrected chi connectivity index (χ0v) is 30.8. The number of hydrogen-bond acceptors (Lipinski definition) is 8. The van der Waals surface area contributed by atoms with Gasteiger partial charge in [-0.3, -0.25) is 14.2 Å². The van der Waals surface area contributed by atoms with Gasteiger partial charge in [-0.25, -0.2) is 0 Å². The molecule has 8 nitrogen and oxygen atoms in total. The molecule has 3 aromatic rings. The second kappa shape index (κ2) is 21.4. The van der Waals surface area contributed by atoms with Gasteiger partial charge in [0.2, 0.25) is 4.73 Å². The summed E-state index contributed by atoms with van der Waals surface area (Å²) in [6.07, 6.45) is 21.9. The molecule has 0 bridgehead atoms. The van der Waals surface area contributed by atoms with Crippen LogP contribution < -0.4 is 0 Å². The van der Waals surface area contributed by atoms with Crippen LogP contribution in [0.4, 0.5) is 0 Å². The Hall–Kier alpha value is -2.69. The van der Waals surface area contributed by atoms with Crippen LogP contribution in [-0.2, 0) is 19.1 Å². The fraction of sp³-hybridized carbons (Fsp3) is 0.579. The number of carbonyl (C=O) groups is 2. The maximum Gasteiger partial charge on any atom is 0.316 e. The maximum atomic E-state index is 12.5. The number of aromatic nitrogens is 3. The SMILES string of the molecule is CCCCCCCC/C=C/CCCCCCCC(=O)OCC(O)COC(=O)CSc1nnc(Br)n1-c1ccc(C2CC2)c2ccccc12. The number of fused-ring (bicyclic) bond motifs is 1. The van der Waals surface area contributed by atoms with E-state index < -0.39 is 12.1 Å². The first-order valence-corrected chi connectivity index (χ1v) is 19.7. The fourth-order valence-electron chi connectivity index (χ4n) is 5.80. The van der Waals surface area contributed by atoms with Crippen molar-refractivity contribution in [2.24, 2.45) is 0 Å². The monoisotopic (exact) mass is 741 g/mol. The highest BCUT2D eigenvalue weighted by Crippen LogP contribution is 2.44. The van der Waals surface area contributed by atoms with Crippen LogP contribution in [0.3, 0.4) is 0 Å². The smallest absolute Gasteiger partial charge is 0.316 e. The summed E-state index contributed by atoms with van der Waals surface area (Å²) in [5, 5.41) is 21.5. The van der Waals surface area contributed by atoms with Crippen molar-refractivity contribution in [3.8, 4) is 5.69 Å². The molecule has 48 heavy (non-hydrogen) atoms. The Morgan fingerprint density at radius 3 is 2.19 bits per heavy atom. The van der Waals surface area contributed by atoms with Crippen LogP contribution in [0.5, 0.6) is 0 Å². The van der Waals surface area contributed by atoms with Gasteiger partial charge in [0.05, 0.1) is 11.4 Å². The summed E-state index contributed by atoms with van der Waals surface area (Å²) >= 11 is 4.73. The number of allylic oxidation sites excluding steroid dienone is 2. The molecular weight excluding hydrogens is 690 g/mol. The number of rotatable bonds is 24. The molecule has 262 valence electrons. The molecule has 1 fully saturated rings. The lowest BCUT2D eigenvalue weighted by molar-refractivity contribution is -0.151. The van der Waals surface area contributed by atoms with E-state index in [1.807, 2.05) is 10.6 Å². The van der Waals surface area contributed by atoms with Gasteiger partial charge in [-0.1, -0.05) is 113 Å². The molecule has 2 aromatic carbocycles. The third-order valence-electron chi connectivity index (χ3n) is 8.62. The molecular formula is C38H52BrN3O5S. The van der Waals surface area contributed by atoms with E-state index in [1.165, 1.54) is 93.3 Å². The van der Waals surface area contributed by atoms with E-state index in [1.54, 1.807) is 0 Å². The molecule has 1 aromatic heterocycles. The summed E-state index contributed by atoms with van der Waals surface area (Å²) in [4.78, 5) is 24.6. The summed E-state index contributed by atoms with van der Waals surface area (Å²) in [5.74, 6) is -0.229. The lowest BCUT2D eigenvalue weighted by Gasteiger charge is -2.14. The Labute approximate surface area is 298 Å². The van der Waals surface area contributed by atoms with Gasteiger partial charge in [0, 0.05) is 11.8 Å². The Bertz CT molecular complexity index is 1460. The third kappa shape index (κ3) is 13.0. The van der Waals surface area contributed by atoms with Gasteiger partial charge in [-0.05, 0) is 83.8 Å². The van der Waals surface area contributed by atoms with E-state index in [0.717, 1.165) is 36.8 Å². The number of benzene rings is 2. The van der Waals surface area contributed by atoms with Crippen LogP contribution in [0.1, 0.15) is 121 Å². The zero-order chi connectivity index (χ0) is 34.0. The summed E-state index contributed by atoms with van der Waals surface area (Å²) in [7, 11) is 0. The van der Waals surface area contributed by atoms with Crippen LogP contribution >= 0.6 is 27.7 Å². The van der Waals surface area contributed by atoms with Gasteiger partial charge in [-0.2, -0.15) is 0 Å². The lowest BCUT2D eigenvalue weighted by atomic mass is 9.99. The Morgan fingerprint density at radius 1 is 0.875 bits per heavy atom. The van der Waals surface area contributed by atoms with Gasteiger partial charge < -0.3 is 14.6 Å². The first kappa shape index (κ1) is 38.1. The number of unbranched alkanes of at least 4 members (excludes halogenated alkanes) is 11. The van der Waals surface area contributed by atoms with E-state index in [0.29, 0.717) is 22.2 Å². The topological polar surface area (TPSA) is 104 Å². The molecule has 0 radical (unpaired) electrons. The average molecular weight is 743 g/mol. The van der Waals surface area contributed by atoms with Crippen molar-refractivity contribution < 1.29 is 24.2 Å². The van der Waals surface area contributed by atoms with Gasteiger partial charge in [0.1, 0.15) is 19.3 Å². The van der Waals surface area contributed by atoms with Gasteiger partial charge in [0.25, 0.3) is 0 Å². The van der Waals surface area contributed by atoms with E-state index in [-0.39, 0.29) is 24.9 Å². The molecule has 1 heterocycles. The number of hydrogen-bond donors (Lipinski definition) is 1. The van der Waals surface area contributed by atoms with Crippen molar-refractivity contribution in [2.75, 3.05) is 19.0 Å². The standard InChI is InChI=1S/C38H52BrN3O5S/c1-2-3-4-5-6-7-8-9-10-11-12-13-14-15-16-21-35(44)46-26-30(43)27-47-36(45)28-48-38-41-40-37(39)42(38)34-25-24-31(29-22-23-29)32-19-17-18-20-33(32)34/h9-10,17-20,24-25,29-30,43H,2-8,11-16,21-23,26-28H2,1H3/b10-9+. The minimum atomic E-state index is -1.08. The highest BCUT2D eigenvalue weighted by Gasteiger charge is 2.26. The van der Waals surface area contributed by atoms with Crippen molar-refractivity contribution >= 4 is 50.4 Å². The van der Waals surface area contributed by atoms with Gasteiger partial charge >= 0.3 is 11.9 Å². The van der Waals surface area contributed by atoms with Gasteiger partial charge in [-0.15, -0.1) is 10.2 Å². The first-order valence-electron chi connectivity index (χ1n) is 17.9. The molecule has 1 atom stereocenters. The van der Waals surface area contributed by atoms with Crippen LogP contribution in [0, 0.1) is 0 Å². The number of halogens is 1. The van der Waals surface area contributed by atoms with E-state index in [2.05, 4.69) is 75.5 Å². The molecule has 1 aliphatic rings. The Morgan fingerprint density at radius 2 is 1.50 bits per heavy atom. The number of aliphatic hydroxyl groups excluding tert-OH is 1. The molecule has 0 spiro atoms. The van der Waals surface area contributed by atoms with Crippen molar-refractivity contribution in [1.29, 1.82) is 0 Å². The van der Waals surface area contributed by atoms with E-state index in [4.69, 9.17) is 9.47 Å². The van der Waals surface area contributed by atoms with Crippen molar-refractivity contribution in [2.45, 2.75) is 127 Å². The second-order valence-electron chi connectivity index (χ2n) is 12.7. The number of nitrogens with zero attached hydrogens (tertiary/aromatic N) is 3. The number of esters is 2. The fourth-order valence-corrected chi connectivity index (χ4v) is 7.10. The normalized spacial score (nSPS) is 13.7. The highest BCUT2D eigenvalue weighted by molar-refractivity contribution is 9.10. The molecule has 0 amide bonds. The molecule has 1 aliphatic carbocycles. The number of thioether (sulfide) groups is 1. The van der Waals surface area contributed by atoms with Crippen molar-refractivity contribution in [1.82, 2.24) is 14.8 Å². The van der Waals surface area contributed by atoms with Gasteiger partial charge in [0.15, 0.2) is 5.16 Å². The molecule has 0 aliphatic heterocycles. The van der Waals surface area contributed by atoms with Crippen LogP contribution in [0.2, 0.25) is 0 Å². The van der Waals surface area contributed by atoms with Crippen molar-refractivity contribution in [3.63, 3.8) is 0 Å². The molecule has 4 rings (SSSR count). The predicted octanol–water partition coefficient (Wildman–Crippen LogP) is 9.64. The Balaban J connectivity index is 1.05. The van der Waals surface area contributed by atoms with Crippen molar-refractivity contribution in [3.05, 3.63) is 58.8 Å². The summed E-state index contributed by atoms with van der Waals surface area (Å²) in [5.41, 5.74) is 2.30. The quantitative estimate of drug-likeness (QED) is 0.0419. The minimum Gasteiger partial charge on any atom is -0.463 e. The number of carbonyl (C=O) groups excluding carboxylic acids is 2. The second-order valence-corrected chi connectivity index (χ2v) is 14.4. The molecule has 1 N–H and O–H groups in total. The number of ether oxygens (including phenoxy) is 2. The highest BCUT2D eigenvalue weighted by atomic mass is 79.9. The van der Waals surface area contributed by atoms with Crippen LogP contribution in [0.25, 0.3) is 16.5 Å². The summed E-state index contributed by atoms with van der Waals surface area (Å²) in [6, 6.07) is 12.6. The van der Waals surface area contributed by atoms with E-state index in [9.17, 15) is 14.7 Å². The van der Waals surface area contributed by atoms with Crippen LogP contribution in [0.15, 0.2) is 58.4 Å². The lowest BCUT2D eigenvalue weighted by Crippen LogP contribution is -2.25. The number of aliphatic hydroxyl groups is 1. The molecule has 0 saturated heterocycles. The molecule has 10 heteroatoms. The molecule has 1 saturated carbocycles. The third-order valence-corrected chi connectivity index (χ3v) is 10.0. The minimum absolute atomic E-state index is 0.00872. The maximum absolute atomic E-state index is 12.5. The summed E-state index contributed by atoms with van der Waals surface area (Å²) in [6.45, 7) is 1.81. The predicted molar refractivity (Wildman–Crippen MR) is 197 cm³/mol. The first-order chi connectivity index (χ1) is 23.5. The van der Waals surface area contributed by atoms with Crippen LogP contribution in [-0.4, -0.2) is 56.9 Å². The largest absolute Gasteiger partial charge is 0.463 e. The average Bonchev–Trinajstić information content (AvgIpc) is 3.88. The zero-order valence-electron chi connectivity index (χ0n) is 28.4.